The number of amides is 4. The van der Waals surface area contributed by atoms with Crippen LogP contribution in [0.3, 0.4) is 0 Å². The van der Waals surface area contributed by atoms with E-state index in [9.17, 15) is 33.5 Å². The molecule has 6 atom stereocenters. The van der Waals surface area contributed by atoms with Gasteiger partial charge < -0.3 is 10.2 Å². The predicted molar refractivity (Wildman–Crippen MR) is 143 cm³/mol. The molecule has 6 rings (SSSR count). The summed E-state index contributed by atoms with van der Waals surface area (Å²) in [5.41, 5.74) is 0.258. The van der Waals surface area contributed by atoms with Crippen molar-refractivity contribution in [3.05, 3.63) is 70.5 Å². The van der Waals surface area contributed by atoms with Gasteiger partial charge in [-0.2, -0.15) is 0 Å². The monoisotopic (exact) mass is 580 g/mol. The highest BCUT2D eigenvalue weighted by atomic mass is 35.5. The molecule has 2 saturated heterocycles. The van der Waals surface area contributed by atoms with E-state index in [0.717, 1.165) is 21.4 Å². The minimum atomic E-state index is -1.29. The quantitative estimate of drug-likeness (QED) is 0.405. The average molecular weight is 581 g/mol. The second-order valence-corrected chi connectivity index (χ2v) is 11.7. The zero-order chi connectivity index (χ0) is 29.4. The molecule has 2 aliphatic carbocycles. The number of likely N-dealkylation sites (tertiary alicyclic amines) is 1. The highest BCUT2D eigenvalue weighted by molar-refractivity contribution is 6.31. The van der Waals surface area contributed by atoms with Crippen molar-refractivity contribution < 1.29 is 38.6 Å². The number of allylic oxidation sites excluding steroid dienone is 2. The van der Waals surface area contributed by atoms with Gasteiger partial charge in [-0.25, -0.2) is 9.29 Å². The topological polar surface area (TPSA) is 132 Å². The second kappa shape index (κ2) is 9.51. The van der Waals surface area contributed by atoms with Crippen molar-refractivity contribution >= 4 is 46.9 Å². The van der Waals surface area contributed by atoms with E-state index in [1.807, 2.05) is 6.08 Å². The molecule has 4 aliphatic rings. The first-order valence-electron chi connectivity index (χ1n) is 13.3. The summed E-state index contributed by atoms with van der Waals surface area (Å²) in [7, 11) is 0. The number of hydrogen-bond donors (Lipinski definition) is 2. The third-order valence-corrected chi connectivity index (χ3v) is 9.59. The number of benzene rings is 2. The minimum absolute atomic E-state index is 0.0162. The summed E-state index contributed by atoms with van der Waals surface area (Å²) in [6.45, 7) is 1.48. The largest absolute Gasteiger partial charge is 0.508 e. The molecule has 2 aromatic carbocycles. The predicted octanol–water partition coefficient (Wildman–Crippen LogP) is 3.89. The van der Waals surface area contributed by atoms with E-state index in [2.05, 4.69) is 0 Å². The third-order valence-electron chi connectivity index (χ3n) is 9.30. The van der Waals surface area contributed by atoms with Gasteiger partial charge in [0.2, 0.25) is 23.6 Å². The number of aromatic hydroxyl groups is 1. The van der Waals surface area contributed by atoms with E-state index < -0.39 is 70.4 Å². The molecule has 2 aromatic rings. The van der Waals surface area contributed by atoms with Gasteiger partial charge in [-0.15, -0.1) is 0 Å². The molecular formula is C30H26ClFN2O7. The third kappa shape index (κ3) is 3.91. The molecule has 212 valence electrons. The van der Waals surface area contributed by atoms with E-state index in [4.69, 9.17) is 16.7 Å². The van der Waals surface area contributed by atoms with Gasteiger partial charge in [-0.05, 0) is 61.6 Å². The molecule has 2 heterocycles. The molecule has 3 fully saturated rings. The Balaban J connectivity index is 1.47. The van der Waals surface area contributed by atoms with Crippen LogP contribution in [0, 0.1) is 34.9 Å². The Kier molecular flexibility index (Phi) is 6.29. The molecule has 41 heavy (non-hydrogen) atoms. The van der Waals surface area contributed by atoms with Crippen LogP contribution in [0.5, 0.6) is 5.75 Å². The summed E-state index contributed by atoms with van der Waals surface area (Å²) in [6.07, 6.45) is 1.87. The molecule has 2 aliphatic heterocycles. The van der Waals surface area contributed by atoms with E-state index in [1.54, 1.807) is 19.1 Å². The first-order valence-corrected chi connectivity index (χ1v) is 13.7. The Morgan fingerprint density at radius 2 is 1.76 bits per heavy atom. The lowest BCUT2D eigenvalue weighted by molar-refractivity contribution is -0.142. The van der Waals surface area contributed by atoms with Gasteiger partial charge in [0, 0.05) is 12.5 Å². The zero-order valence-corrected chi connectivity index (χ0v) is 22.7. The van der Waals surface area contributed by atoms with E-state index >= 15 is 0 Å². The van der Waals surface area contributed by atoms with Crippen LogP contribution < -0.4 is 4.90 Å². The summed E-state index contributed by atoms with van der Waals surface area (Å²) >= 11 is 6.00. The summed E-state index contributed by atoms with van der Waals surface area (Å²) in [4.78, 5) is 68.3. The van der Waals surface area contributed by atoms with Crippen LogP contribution in [-0.4, -0.2) is 51.3 Å². The molecule has 0 aromatic heterocycles. The molecular weight excluding hydrogens is 555 g/mol. The van der Waals surface area contributed by atoms with Crippen LogP contribution in [0.4, 0.5) is 10.1 Å². The fraction of sp³-hybridized carbons (Fsp3) is 0.367. The van der Waals surface area contributed by atoms with Gasteiger partial charge in [0.1, 0.15) is 11.6 Å². The van der Waals surface area contributed by atoms with Gasteiger partial charge in [-0.3, -0.25) is 28.9 Å². The molecule has 2 N–H and O–H groups in total. The standard InChI is InChI=1S/C30H26ClFN2O7/c1-30-20(27(39)34(29(30)41)15-4-9-22(32)21(31)12-15)13-19-17(25(30)14-2-5-16(35)6-3-14)7-8-18-24(19)28(40)33(26(18)38)11-10-23(36)37/h2-7,9,12,18-20,24-25,35H,8,10-11,13H2,1H3,(H,36,37)/t18-,19+,20-,24-,25-,30+/m0/s1. The fourth-order valence-electron chi connectivity index (χ4n) is 7.43. The highest BCUT2D eigenvalue weighted by Crippen LogP contribution is 2.63. The Morgan fingerprint density at radius 1 is 1.05 bits per heavy atom. The first kappa shape index (κ1) is 27.1. The fourth-order valence-corrected chi connectivity index (χ4v) is 7.60. The van der Waals surface area contributed by atoms with Crippen molar-refractivity contribution in [2.75, 3.05) is 11.4 Å². The number of aliphatic carboxylic acids is 1. The highest BCUT2D eigenvalue weighted by Gasteiger charge is 2.67. The lowest BCUT2D eigenvalue weighted by atomic mass is 9.51. The Bertz CT molecular complexity index is 1560. The van der Waals surface area contributed by atoms with Crippen LogP contribution >= 0.6 is 11.6 Å². The molecule has 0 bridgehead atoms. The van der Waals surface area contributed by atoms with Crippen LogP contribution in [0.15, 0.2) is 54.1 Å². The smallest absolute Gasteiger partial charge is 0.305 e. The molecule has 1 saturated carbocycles. The summed E-state index contributed by atoms with van der Waals surface area (Å²) in [5.74, 6) is -7.28. The summed E-state index contributed by atoms with van der Waals surface area (Å²) in [5, 5.41) is 18.8. The number of phenolic OH excluding ortho intramolecular Hbond substituents is 1. The maximum atomic E-state index is 14.2. The number of carbonyl (C=O) groups excluding carboxylic acids is 4. The summed E-state index contributed by atoms with van der Waals surface area (Å²) < 4.78 is 13.9. The number of carbonyl (C=O) groups is 5. The van der Waals surface area contributed by atoms with Crippen molar-refractivity contribution in [3.63, 3.8) is 0 Å². The van der Waals surface area contributed by atoms with Gasteiger partial charge in [0.15, 0.2) is 0 Å². The van der Waals surface area contributed by atoms with Crippen molar-refractivity contribution in [2.24, 2.45) is 29.1 Å². The number of anilines is 1. The van der Waals surface area contributed by atoms with Gasteiger partial charge in [0.05, 0.1) is 40.3 Å². The second-order valence-electron chi connectivity index (χ2n) is 11.3. The number of phenols is 1. The maximum Gasteiger partial charge on any atom is 0.305 e. The van der Waals surface area contributed by atoms with Gasteiger partial charge in [0.25, 0.3) is 0 Å². The van der Waals surface area contributed by atoms with Crippen LogP contribution in [0.2, 0.25) is 5.02 Å². The van der Waals surface area contributed by atoms with Crippen LogP contribution in [-0.2, 0) is 24.0 Å². The van der Waals surface area contributed by atoms with E-state index in [-0.39, 0.29) is 42.3 Å². The number of hydrogen-bond acceptors (Lipinski definition) is 6. The van der Waals surface area contributed by atoms with Crippen LogP contribution in [0.25, 0.3) is 0 Å². The normalized spacial score (nSPS) is 30.7. The Morgan fingerprint density at radius 3 is 2.41 bits per heavy atom. The number of nitrogens with zero attached hydrogens (tertiary/aromatic N) is 2. The molecule has 11 heteroatoms. The maximum absolute atomic E-state index is 14.2. The lowest BCUT2D eigenvalue weighted by Crippen LogP contribution is -2.48. The van der Waals surface area contributed by atoms with E-state index in [0.29, 0.717) is 5.56 Å². The molecule has 9 nitrogen and oxygen atoms in total. The number of carboxylic acid groups (broad SMARTS) is 1. The van der Waals surface area contributed by atoms with Gasteiger partial charge in [-0.1, -0.05) is 35.4 Å². The Labute approximate surface area is 239 Å². The van der Waals surface area contributed by atoms with Crippen molar-refractivity contribution in [3.8, 4) is 5.75 Å². The zero-order valence-electron chi connectivity index (χ0n) is 21.9. The SMILES string of the molecule is C[C@@]12C(=O)N(c3ccc(F)c(Cl)c3)C(=O)[C@@H]1C[C@@H]1C(=CC[C@@H]3C(=O)N(CCC(=O)O)C(=O)[C@@H]31)[C@@H]2c1ccc(O)cc1. The molecule has 0 spiro atoms. The van der Waals surface area contributed by atoms with Crippen molar-refractivity contribution in [1.29, 1.82) is 0 Å². The number of fused-ring (bicyclic) bond motifs is 4. The molecule has 0 unspecified atom stereocenters. The Hall–Kier alpha value is -4.05. The summed E-state index contributed by atoms with van der Waals surface area (Å²) in [6, 6.07) is 9.95. The molecule has 4 amide bonds. The lowest BCUT2D eigenvalue weighted by Gasteiger charge is -2.49. The van der Waals surface area contributed by atoms with E-state index in [1.165, 1.54) is 24.3 Å². The average Bonchev–Trinajstić information content (AvgIpc) is 3.29. The number of halogens is 2. The van der Waals surface area contributed by atoms with Crippen molar-refractivity contribution in [1.82, 2.24) is 4.90 Å². The van der Waals surface area contributed by atoms with Crippen molar-refractivity contribution in [2.45, 2.75) is 32.1 Å². The molecule has 0 radical (unpaired) electrons. The first-order chi connectivity index (χ1) is 19.4. The number of imide groups is 2. The van der Waals surface area contributed by atoms with Gasteiger partial charge >= 0.3 is 5.97 Å². The minimum Gasteiger partial charge on any atom is -0.508 e. The van der Waals surface area contributed by atoms with Crippen LogP contribution in [0.1, 0.15) is 37.7 Å². The number of rotatable bonds is 5. The number of carboxylic acids is 1.